The van der Waals surface area contributed by atoms with Crippen molar-refractivity contribution in [1.29, 1.82) is 0 Å². The third kappa shape index (κ3) is 6.89. The molecule has 0 saturated heterocycles. The summed E-state index contributed by atoms with van der Waals surface area (Å²) in [6.07, 6.45) is 11.8. The van der Waals surface area contributed by atoms with Crippen LogP contribution in [0.5, 0.6) is 0 Å². The highest BCUT2D eigenvalue weighted by Crippen LogP contribution is 2.27. The van der Waals surface area contributed by atoms with Gasteiger partial charge in [-0.25, -0.2) is 4.79 Å². The van der Waals surface area contributed by atoms with Crippen molar-refractivity contribution in [3.8, 4) is 11.1 Å². The van der Waals surface area contributed by atoms with Crippen molar-refractivity contribution in [3.05, 3.63) is 77.4 Å². The van der Waals surface area contributed by atoms with Crippen LogP contribution in [0.15, 0.2) is 71.7 Å². The number of carbonyl (C=O) groups excluding carboxylic acids is 3. The quantitative estimate of drug-likeness (QED) is 0.284. The number of hydrogen-bond donors (Lipinski definition) is 4. The van der Waals surface area contributed by atoms with Crippen molar-refractivity contribution < 1.29 is 14.4 Å². The van der Waals surface area contributed by atoms with Crippen LogP contribution in [0.4, 0.5) is 10.5 Å². The van der Waals surface area contributed by atoms with E-state index in [1.807, 2.05) is 37.3 Å². The zero-order chi connectivity index (χ0) is 29.5. The summed E-state index contributed by atoms with van der Waals surface area (Å²) in [5.41, 5.74) is 5.39. The molecule has 4 amide bonds. The lowest BCUT2D eigenvalue weighted by Crippen LogP contribution is -2.34. The molecule has 41 heavy (non-hydrogen) atoms. The Kier molecular flexibility index (Phi) is 9.34. The fraction of sp³-hybridized carbons (Fsp3) is 0.323. The van der Waals surface area contributed by atoms with E-state index < -0.39 is 0 Å². The first-order valence-corrected chi connectivity index (χ1v) is 13.9. The molecule has 4 rings (SSSR count). The molecule has 3 aromatic rings. The SMILES string of the molecule is CCC1=C(C(=O)NC(CC)CC)C=CC(NC(=O)c2n[nH]c3ccc(-c4cncc(NC(=O)N(C)C)c4)cc23)=CC1. The number of pyridine rings is 1. The Morgan fingerprint density at radius 1 is 0.976 bits per heavy atom. The molecule has 0 radical (unpaired) electrons. The molecule has 0 fully saturated rings. The number of benzene rings is 1. The van der Waals surface area contributed by atoms with Gasteiger partial charge in [-0.05, 0) is 61.6 Å². The number of carbonyl (C=O) groups is 3. The van der Waals surface area contributed by atoms with E-state index >= 15 is 0 Å². The zero-order valence-corrected chi connectivity index (χ0v) is 24.2. The van der Waals surface area contributed by atoms with E-state index in [9.17, 15) is 14.4 Å². The number of nitrogens with one attached hydrogen (secondary N) is 4. The topological polar surface area (TPSA) is 132 Å². The van der Waals surface area contributed by atoms with Gasteiger partial charge in [0.05, 0.1) is 17.4 Å². The Morgan fingerprint density at radius 3 is 2.46 bits per heavy atom. The van der Waals surface area contributed by atoms with Gasteiger partial charge in [0.25, 0.3) is 11.8 Å². The Labute approximate surface area is 240 Å². The summed E-state index contributed by atoms with van der Waals surface area (Å²) >= 11 is 0. The predicted molar refractivity (Wildman–Crippen MR) is 161 cm³/mol. The second kappa shape index (κ2) is 13.1. The number of urea groups is 1. The number of hydrogen-bond acceptors (Lipinski definition) is 5. The maximum atomic E-state index is 13.4. The summed E-state index contributed by atoms with van der Waals surface area (Å²) in [5.74, 6) is -0.448. The summed E-state index contributed by atoms with van der Waals surface area (Å²) in [6, 6.07) is 7.33. The van der Waals surface area contributed by atoms with Crippen molar-refractivity contribution >= 4 is 34.4 Å². The minimum atomic E-state index is -0.364. The van der Waals surface area contributed by atoms with Crippen LogP contribution in [0.1, 0.15) is 56.9 Å². The number of aromatic amines is 1. The second-order valence-corrected chi connectivity index (χ2v) is 10.1. The molecule has 0 aliphatic heterocycles. The van der Waals surface area contributed by atoms with Crippen LogP contribution in [0.25, 0.3) is 22.0 Å². The molecule has 0 saturated carbocycles. The van der Waals surface area contributed by atoms with Gasteiger partial charge >= 0.3 is 6.03 Å². The van der Waals surface area contributed by atoms with E-state index in [-0.39, 0.29) is 29.6 Å². The van der Waals surface area contributed by atoms with Crippen LogP contribution in [0.3, 0.4) is 0 Å². The van der Waals surface area contributed by atoms with Crippen LogP contribution in [-0.2, 0) is 4.79 Å². The van der Waals surface area contributed by atoms with E-state index in [0.717, 1.165) is 36.0 Å². The standard InChI is InChI=1S/C31H37N7O3/c1-6-19-9-11-23(12-13-25(19)29(39)33-22(7-2)8-3)34-30(40)28-26-16-20(10-14-27(26)36-37-28)21-15-24(18-32-17-21)35-31(41)38(4)5/h10-18,22H,6-9H2,1-5H3,(H,33,39)(H,34,40)(H,35,41)(H,36,37). The van der Waals surface area contributed by atoms with Gasteiger partial charge in [0, 0.05) is 48.6 Å². The van der Waals surface area contributed by atoms with Crippen LogP contribution in [0.2, 0.25) is 0 Å². The summed E-state index contributed by atoms with van der Waals surface area (Å²) in [5, 5.41) is 16.7. The van der Waals surface area contributed by atoms with Crippen molar-refractivity contribution in [2.24, 2.45) is 0 Å². The maximum absolute atomic E-state index is 13.4. The minimum Gasteiger partial charge on any atom is -0.349 e. The van der Waals surface area contributed by atoms with Crippen molar-refractivity contribution in [3.63, 3.8) is 0 Å². The number of amides is 4. The van der Waals surface area contributed by atoms with Gasteiger partial charge in [0.15, 0.2) is 5.69 Å². The first kappa shape index (κ1) is 29.3. The molecule has 10 heteroatoms. The smallest absolute Gasteiger partial charge is 0.321 e. The molecular weight excluding hydrogens is 518 g/mol. The Balaban J connectivity index is 1.54. The molecule has 1 aromatic carbocycles. The van der Waals surface area contributed by atoms with Gasteiger partial charge in [-0.2, -0.15) is 5.10 Å². The number of fused-ring (bicyclic) bond motifs is 1. The van der Waals surface area contributed by atoms with E-state index in [1.165, 1.54) is 4.90 Å². The molecule has 4 N–H and O–H groups in total. The van der Waals surface area contributed by atoms with Crippen LogP contribution < -0.4 is 16.0 Å². The summed E-state index contributed by atoms with van der Waals surface area (Å²) in [6.45, 7) is 6.15. The molecule has 0 atom stereocenters. The molecule has 2 aromatic heterocycles. The number of nitrogens with zero attached hydrogens (tertiary/aromatic N) is 3. The Bertz CT molecular complexity index is 1540. The second-order valence-electron chi connectivity index (χ2n) is 10.1. The third-order valence-electron chi connectivity index (χ3n) is 7.14. The van der Waals surface area contributed by atoms with Crippen molar-refractivity contribution in [2.75, 3.05) is 19.4 Å². The van der Waals surface area contributed by atoms with Crippen LogP contribution >= 0.6 is 0 Å². The van der Waals surface area contributed by atoms with Gasteiger partial charge in [0.2, 0.25) is 0 Å². The van der Waals surface area contributed by atoms with Gasteiger partial charge in [-0.3, -0.25) is 19.7 Å². The Morgan fingerprint density at radius 2 is 1.76 bits per heavy atom. The molecule has 2 heterocycles. The van der Waals surface area contributed by atoms with Gasteiger partial charge in [0.1, 0.15) is 0 Å². The third-order valence-corrected chi connectivity index (χ3v) is 7.14. The van der Waals surface area contributed by atoms with E-state index in [1.54, 1.807) is 38.6 Å². The van der Waals surface area contributed by atoms with Gasteiger partial charge < -0.3 is 20.9 Å². The predicted octanol–water partition coefficient (Wildman–Crippen LogP) is 5.30. The molecule has 0 bridgehead atoms. The lowest BCUT2D eigenvalue weighted by Gasteiger charge is -2.16. The van der Waals surface area contributed by atoms with Gasteiger partial charge in [-0.1, -0.05) is 38.5 Å². The Hall–Kier alpha value is -4.73. The molecule has 1 aliphatic carbocycles. The molecule has 10 nitrogen and oxygen atoms in total. The highest BCUT2D eigenvalue weighted by molar-refractivity contribution is 6.06. The average Bonchev–Trinajstić information content (AvgIpc) is 3.29. The largest absolute Gasteiger partial charge is 0.349 e. The molecular formula is C31H37N7O3. The number of anilines is 1. The zero-order valence-electron chi connectivity index (χ0n) is 24.2. The normalized spacial score (nSPS) is 13.2. The molecule has 214 valence electrons. The highest BCUT2D eigenvalue weighted by atomic mass is 16.2. The fourth-order valence-corrected chi connectivity index (χ4v) is 4.58. The monoisotopic (exact) mass is 555 g/mol. The summed E-state index contributed by atoms with van der Waals surface area (Å²) in [7, 11) is 3.33. The van der Waals surface area contributed by atoms with Crippen LogP contribution in [0, 0.1) is 0 Å². The number of H-pyrrole nitrogens is 1. The van der Waals surface area contributed by atoms with Crippen molar-refractivity contribution in [1.82, 2.24) is 30.7 Å². The average molecular weight is 556 g/mol. The van der Waals surface area contributed by atoms with E-state index in [0.29, 0.717) is 34.3 Å². The molecule has 0 spiro atoms. The minimum absolute atomic E-state index is 0.0848. The number of rotatable bonds is 9. The first-order valence-electron chi connectivity index (χ1n) is 13.9. The molecule has 1 aliphatic rings. The first-order chi connectivity index (χ1) is 19.7. The number of aromatic nitrogens is 3. The van der Waals surface area contributed by atoms with E-state index in [4.69, 9.17) is 0 Å². The fourth-order valence-electron chi connectivity index (χ4n) is 4.58. The molecule has 0 unspecified atom stereocenters. The lowest BCUT2D eigenvalue weighted by molar-refractivity contribution is -0.118. The number of allylic oxidation sites excluding steroid dienone is 3. The van der Waals surface area contributed by atoms with E-state index in [2.05, 4.69) is 45.0 Å². The van der Waals surface area contributed by atoms with Crippen molar-refractivity contribution in [2.45, 2.75) is 52.5 Å². The van der Waals surface area contributed by atoms with Gasteiger partial charge in [-0.15, -0.1) is 0 Å². The summed E-state index contributed by atoms with van der Waals surface area (Å²) in [4.78, 5) is 44.1. The lowest BCUT2D eigenvalue weighted by atomic mass is 10.0. The van der Waals surface area contributed by atoms with Crippen LogP contribution in [-0.4, -0.2) is 58.1 Å². The maximum Gasteiger partial charge on any atom is 0.321 e. The summed E-state index contributed by atoms with van der Waals surface area (Å²) < 4.78 is 0. The highest BCUT2D eigenvalue weighted by Gasteiger charge is 2.19.